The van der Waals surface area contributed by atoms with Crippen LogP contribution in [-0.4, -0.2) is 55.2 Å². The Hall–Kier alpha value is -2.49. The van der Waals surface area contributed by atoms with Crippen LogP contribution < -0.4 is 5.32 Å². The van der Waals surface area contributed by atoms with Gasteiger partial charge in [-0.25, -0.2) is 4.79 Å². The molecule has 1 N–H and O–H groups in total. The van der Waals surface area contributed by atoms with E-state index in [2.05, 4.69) is 5.32 Å². The molecule has 0 unspecified atom stereocenters. The topological polar surface area (TPSA) is 84.5 Å². The molecule has 4 rings (SSSR count). The summed E-state index contributed by atoms with van der Waals surface area (Å²) >= 11 is 0. The Kier molecular flexibility index (Phi) is 8.09. The lowest BCUT2D eigenvalue weighted by atomic mass is 10.0. The van der Waals surface area contributed by atoms with E-state index in [-0.39, 0.29) is 19.3 Å². The molecule has 0 aromatic heterocycles. The van der Waals surface area contributed by atoms with Gasteiger partial charge in [-0.15, -0.1) is 0 Å². The predicted molar refractivity (Wildman–Crippen MR) is 128 cm³/mol. The molecular formula is C27H35NO7. The molecule has 190 valence electrons. The molecule has 2 fully saturated rings. The lowest BCUT2D eigenvalue weighted by molar-refractivity contribution is -0.175. The minimum atomic E-state index is -0.862. The number of benzene rings is 2. The number of ether oxygens (including phenoxy) is 6. The van der Waals surface area contributed by atoms with Crippen molar-refractivity contribution in [2.75, 3.05) is 13.2 Å². The maximum atomic E-state index is 12.8. The van der Waals surface area contributed by atoms with Gasteiger partial charge in [-0.1, -0.05) is 60.7 Å². The standard InChI is InChI=1S/C27H35NO7/c1-26(2)32-18-22(33-26)24-23(34-27(3,4)35-24)21(17-30-15-19-11-7-5-8-12-19)28-25(29)31-16-20-13-9-6-10-14-20/h5-14,21-24H,15-18H2,1-4H3,(H,28,29)/t21-,22-,23-,24-/m1/s1. The Morgan fingerprint density at radius 1 is 0.914 bits per heavy atom. The largest absolute Gasteiger partial charge is 0.445 e. The number of amides is 1. The van der Waals surface area contributed by atoms with Gasteiger partial charge in [0.1, 0.15) is 24.9 Å². The van der Waals surface area contributed by atoms with Crippen molar-refractivity contribution in [1.82, 2.24) is 5.32 Å². The number of nitrogens with one attached hydrogen (secondary N) is 1. The summed E-state index contributed by atoms with van der Waals surface area (Å²) in [5.74, 6) is -1.58. The zero-order chi connectivity index (χ0) is 24.9. The van der Waals surface area contributed by atoms with Gasteiger partial charge in [-0.3, -0.25) is 0 Å². The van der Waals surface area contributed by atoms with Crippen LogP contribution in [0.5, 0.6) is 0 Å². The lowest BCUT2D eigenvalue weighted by Gasteiger charge is -2.29. The second kappa shape index (κ2) is 11.1. The summed E-state index contributed by atoms with van der Waals surface area (Å²) in [6.07, 6.45) is -1.91. The van der Waals surface area contributed by atoms with E-state index in [0.29, 0.717) is 13.2 Å². The molecule has 0 bridgehead atoms. The van der Waals surface area contributed by atoms with E-state index in [1.807, 2.05) is 88.4 Å². The molecule has 35 heavy (non-hydrogen) atoms. The molecule has 0 aliphatic carbocycles. The Morgan fingerprint density at radius 2 is 1.54 bits per heavy atom. The van der Waals surface area contributed by atoms with Gasteiger partial charge in [0.2, 0.25) is 0 Å². The highest BCUT2D eigenvalue weighted by molar-refractivity contribution is 5.67. The lowest BCUT2D eigenvalue weighted by Crippen LogP contribution is -2.53. The van der Waals surface area contributed by atoms with Gasteiger partial charge >= 0.3 is 6.09 Å². The van der Waals surface area contributed by atoms with Gasteiger partial charge in [0, 0.05) is 0 Å². The highest BCUT2D eigenvalue weighted by Crippen LogP contribution is 2.37. The highest BCUT2D eigenvalue weighted by Gasteiger charge is 2.52. The molecule has 2 heterocycles. The number of carbonyl (C=O) groups is 1. The molecule has 8 nitrogen and oxygen atoms in total. The maximum Gasteiger partial charge on any atom is 0.407 e. The third kappa shape index (κ3) is 7.25. The zero-order valence-corrected chi connectivity index (χ0v) is 20.8. The van der Waals surface area contributed by atoms with Crippen LogP contribution in [0.15, 0.2) is 60.7 Å². The average molecular weight is 486 g/mol. The minimum absolute atomic E-state index is 0.162. The van der Waals surface area contributed by atoms with Crippen LogP contribution >= 0.6 is 0 Å². The van der Waals surface area contributed by atoms with Gasteiger partial charge in [-0.05, 0) is 38.8 Å². The molecule has 2 aromatic carbocycles. The van der Waals surface area contributed by atoms with Crippen LogP contribution in [0.25, 0.3) is 0 Å². The van der Waals surface area contributed by atoms with Crippen molar-refractivity contribution >= 4 is 6.09 Å². The van der Waals surface area contributed by atoms with Crippen LogP contribution in [0.1, 0.15) is 38.8 Å². The van der Waals surface area contributed by atoms with Crippen LogP contribution in [0.3, 0.4) is 0 Å². The first-order valence-electron chi connectivity index (χ1n) is 12.0. The van der Waals surface area contributed by atoms with Gasteiger partial charge in [0.25, 0.3) is 0 Å². The van der Waals surface area contributed by atoms with E-state index >= 15 is 0 Å². The molecule has 2 aliphatic heterocycles. The second-order valence-corrected chi connectivity index (χ2v) is 9.75. The van der Waals surface area contributed by atoms with Crippen molar-refractivity contribution < 1.29 is 33.2 Å². The number of alkyl carbamates (subject to hydrolysis) is 1. The SMILES string of the molecule is CC1(C)O[C@H]([C@@H](COCc2ccccc2)NC(=O)OCc2ccccc2)[C@@H]([C@H]2COC(C)(C)O2)O1. The van der Waals surface area contributed by atoms with Gasteiger partial charge in [-0.2, -0.15) is 0 Å². The van der Waals surface area contributed by atoms with Gasteiger partial charge < -0.3 is 33.7 Å². The summed E-state index contributed by atoms with van der Waals surface area (Å²) in [5, 5.41) is 2.94. The molecular weight excluding hydrogens is 450 g/mol. The Labute approximate surface area is 206 Å². The molecule has 2 aromatic rings. The fourth-order valence-electron chi connectivity index (χ4n) is 4.31. The van der Waals surface area contributed by atoms with Crippen molar-refractivity contribution in [3.63, 3.8) is 0 Å². The average Bonchev–Trinajstić information content (AvgIpc) is 3.36. The number of carbonyl (C=O) groups excluding carboxylic acids is 1. The molecule has 4 atom stereocenters. The first kappa shape index (κ1) is 25.6. The summed E-state index contributed by atoms with van der Waals surface area (Å²) < 4.78 is 35.8. The van der Waals surface area contributed by atoms with E-state index in [9.17, 15) is 4.79 Å². The Balaban J connectivity index is 1.45. The maximum absolute atomic E-state index is 12.8. The van der Waals surface area contributed by atoms with Crippen LogP contribution in [-0.2, 0) is 41.6 Å². The van der Waals surface area contributed by atoms with Crippen LogP contribution in [0, 0.1) is 0 Å². The molecule has 1 amide bonds. The highest BCUT2D eigenvalue weighted by atomic mass is 16.8. The van der Waals surface area contributed by atoms with Crippen molar-refractivity contribution in [3.8, 4) is 0 Å². The summed E-state index contributed by atoms with van der Waals surface area (Å²) in [5.41, 5.74) is 1.94. The fraction of sp³-hybridized carbons (Fsp3) is 0.519. The first-order chi connectivity index (χ1) is 16.7. The minimum Gasteiger partial charge on any atom is -0.445 e. The normalized spacial score (nSPS) is 25.8. The van der Waals surface area contributed by atoms with Crippen molar-refractivity contribution in [2.24, 2.45) is 0 Å². The summed E-state index contributed by atoms with van der Waals surface area (Å²) in [7, 11) is 0. The van der Waals surface area contributed by atoms with E-state index in [4.69, 9.17) is 28.4 Å². The zero-order valence-electron chi connectivity index (χ0n) is 20.8. The first-order valence-corrected chi connectivity index (χ1v) is 12.0. The third-order valence-corrected chi connectivity index (χ3v) is 5.88. The van der Waals surface area contributed by atoms with Crippen molar-refractivity contribution in [2.45, 2.75) is 76.8 Å². The molecule has 0 radical (unpaired) electrons. The van der Waals surface area contributed by atoms with E-state index in [1.54, 1.807) is 0 Å². The third-order valence-electron chi connectivity index (χ3n) is 5.88. The number of hydrogen-bond acceptors (Lipinski definition) is 7. The van der Waals surface area contributed by atoms with Crippen LogP contribution in [0.2, 0.25) is 0 Å². The van der Waals surface area contributed by atoms with Crippen molar-refractivity contribution in [3.05, 3.63) is 71.8 Å². The van der Waals surface area contributed by atoms with Crippen molar-refractivity contribution in [1.29, 1.82) is 0 Å². The van der Waals surface area contributed by atoms with Crippen LogP contribution in [0.4, 0.5) is 4.79 Å². The smallest absolute Gasteiger partial charge is 0.407 e. The quantitative estimate of drug-likeness (QED) is 0.571. The molecule has 0 spiro atoms. The Bertz CT molecular complexity index is 951. The fourth-order valence-corrected chi connectivity index (χ4v) is 4.31. The van der Waals surface area contributed by atoms with Gasteiger partial charge in [0.15, 0.2) is 11.6 Å². The number of rotatable bonds is 9. The molecule has 2 aliphatic rings. The van der Waals surface area contributed by atoms with Gasteiger partial charge in [0.05, 0.1) is 25.9 Å². The van der Waals surface area contributed by atoms with E-state index in [1.165, 1.54) is 0 Å². The van der Waals surface area contributed by atoms with E-state index < -0.39 is 35.9 Å². The summed E-state index contributed by atoms with van der Waals surface area (Å²) in [4.78, 5) is 12.8. The monoisotopic (exact) mass is 485 g/mol. The predicted octanol–water partition coefficient (Wildman–Crippen LogP) is 4.17. The second-order valence-electron chi connectivity index (χ2n) is 9.75. The summed E-state index contributed by atoms with van der Waals surface area (Å²) in [6.45, 7) is 8.54. The molecule has 0 saturated carbocycles. The molecule has 8 heteroatoms. The molecule has 2 saturated heterocycles. The summed E-state index contributed by atoms with van der Waals surface area (Å²) in [6, 6.07) is 18.8. The number of hydrogen-bond donors (Lipinski definition) is 1. The Morgan fingerprint density at radius 3 is 2.14 bits per heavy atom. The van der Waals surface area contributed by atoms with E-state index in [0.717, 1.165) is 11.1 Å².